The molecule has 0 bridgehead atoms. The number of hydrogen-bond donors (Lipinski definition) is 0. The molecule has 0 spiro atoms. The second-order valence-electron chi connectivity index (χ2n) is 12.5. The standard InChI is InChI=1S/C44H35N3/c1-44(2)40-19-12-30-45-43(40)47(37-17-10-5-11-18-37)42-29-24-35(31-41(42)44)34-22-27-39(28-23-34)46(36-15-8-4-9-16-36)38-25-20-33(21-26-38)32-13-6-3-7-14-32/h3-31H,1-2H3. The summed E-state index contributed by atoms with van der Waals surface area (Å²) in [6, 6.07) is 60.5. The van der Waals surface area contributed by atoms with Gasteiger partial charge in [-0.05, 0) is 94.5 Å². The van der Waals surface area contributed by atoms with E-state index in [2.05, 4.69) is 187 Å². The summed E-state index contributed by atoms with van der Waals surface area (Å²) in [6.07, 6.45) is 1.89. The number of nitrogens with zero attached hydrogens (tertiary/aromatic N) is 3. The molecule has 0 unspecified atom stereocenters. The van der Waals surface area contributed by atoms with Crippen LogP contribution in [0.4, 0.5) is 34.3 Å². The zero-order valence-electron chi connectivity index (χ0n) is 26.6. The Balaban J connectivity index is 1.17. The number of benzene rings is 6. The third-order valence-electron chi connectivity index (χ3n) is 9.30. The molecule has 2 heterocycles. The molecule has 1 aliphatic heterocycles. The lowest BCUT2D eigenvalue weighted by Crippen LogP contribution is -2.31. The molecule has 0 saturated heterocycles. The highest BCUT2D eigenvalue weighted by Crippen LogP contribution is 2.51. The van der Waals surface area contributed by atoms with Crippen LogP contribution in [0.3, 0.4) is 0 Å². The van der Waals surface area contributed by atoms with Crippen LogP contribution in [0.5, 0.6) is 0 Å². The minimum atomic E-state index is -0.212. The summed E-state index contributed by atoms with van der Waals surface area (Å²) in [7, 11) is 0. The Morgan fingerprint density at radius 2 is 0.979 bits per heavy atom. The maximum atomic E-state index is 4.87. The van der Waals surface area contributed by atoms with Crippen molar-refractivity contribution in [2.24, 2.45) is 0 Å². The lowest BCUT2D eigenvalue weighted by molar-refractivity contribution is 0.627. The fourth-order valence-corrected chi connectivity index (χ4v) is 6.83. The molecule has 0 aliphatic carbocycles. The molecule has 1 aromatic heterocycles. The number of fused-ring (bicyclic) bond motifs is 2. The van der Waals surface area contributed by atoms with Crippen LogP contribution in [-0.4, -0.2) is 4.98 Å². The first-order valence-electron chi connectivity index (χ1n) is 16.1. The number of rotatable bonds is 6. The van der Waals surface area contributed by atoms with Crippen LogP contribution in [0, 0.1) is 0 Å². The van der Waals surface area contributed by atoms with Gasteiger partial charge in [-0.25, -0.2) is 4.98 Å². The van der Waals surface area contributed by atoms with E-state index in [9.17, 15) is 0 Å². The molecule has 6 aromatic carbocycles. The van der Waals surface area contributed by atoms with Gasteiger partial charge in [0.25, 0.3) is 0 Å². The van der Waals surface area contributed by atoms with Gasteiger partial charge in [-0.3, -0.25) is 4.90 Å². The van der Waals surface area contributed by atoms with E-state index in [1.165, 1.54) is 39.1 Å². The first kappa shape index (κ1) is 28.5. The molecule has 1 aliphatic rings. The average molecular weight is 606 g/mol. The Morgan fingerprint density at radius 1 is 0.468 bits per heavy atom. The van der Waals surface area contributed by atoms with Crippen molar-refractivity contribution in [1.29, 1.82) is 0 Å². The van der Waals surface area contributed by atoms with Crippen molar-refractivity contribution in [1.82, 2.24) is 4.98 Å². The van der Waals surface area contributed by atoms with Gasteiger partial charge in [0.2, 0.25) is 0 Å². The summed E-state index contributed by atoms with van der Waals surface area (Å²) in [6.45, 7) is 4.62. The maximum absolute atomic E-state index is 4.87. The second kappa shape index (κ2) is 11.8. The molecule has 7 aromatic rings. The van der Waals surface area contributed by atoms with Crippen LogP contribution in [0.25, 0.3) is 22.3 Å². The number of pyridine rings is 1. The molecule has 226 valence electrons. The van der Waals surface area contributed by atoms with E-state index >= 15 is 0 Å². The molecule has 0 radical (unpaired) electrons. The normalized spacial score (nSPS) is 13.0. The summed E-state index contributed by atoms with van der Waals surface area (Å²) in [5, 5.41) is 0. The van der Waals surface area contributed by atoms with Crippen molar-refractivity contribution in [2.45, 2.75) is 19.3 Å². The molecule has 0 atom stereocenters. The third-order valence-corrected chi connectivity index (χ3v) is 9.30. The van der Waals surface area contributed by atoms with Crippen LogP contribution in [0.15, 0.2) is 176 Å². The predicted octanol–water partition coefficient (Wildman–Crippen LogP) is 12.0. The van der Waals surface area contributed by atoms with Crippen molar-refractivity contribution in [2.75, 3.05) is 9.80 Å². The van der Waals surface area contributed by atoms with Gasteiger partial charge < -0.3 is 4.90 Å². The van der Waals surface area contributed by atoms with Crippen molar-refractivity contribution in [3.05, 3.63) is 187 Å². The number of para-hydroxylation sites is 2. The predicted molar refractivity (Wildman–Crippen MR) is 197 cm³/mol. The van der Waals surface area contributed by atoms with Gasteiger partial charge in [0, 0.05) is 39.9 Å². The van der Waals surface area contributed by atoms with E-state index < -0.39 is 0 Å². The lowest BCUT2D eigenvalue weighted by Gasteiger charge is -2.41. The molecular formula is C44H35N3. The van der Waals surface area contributed by atoms with E-state index in [1.54, 1.807) is 0 Å². The van der Waals surface area contributed by atoms with E-state index in [0.717, 1.165) is 28.6 Å². The van der Waals surface area contributed by atoms with Crippen LogP contribution in [0.2, 0.25) is 0 Å². The van der Waals surface area contributed by atoms with Crippen molar-refractivity contribution < 1.29 is 0 Å². The lowest BCUT2D eigenvalue weighted by atomic mass is 9.74. The Kier molecular flexibility index (Phi) is 7.15. The molecule has 0 N–H and O–H groups in total. The Bertz CT molecular complexity index is 2140. The van der Waals surface area contributed by atoms with Gasteiger partial charge in [-0.2, -0.15) is 0 Å². The smallest absolute Gasteiger partial charge is 0.141 e. The third kappa shape index (κ3) is 5.16. The van der Waals surface area contributed by atoms with Crippen LogP contribution >= 0.6 is 0 Å². The Labute approximate surface area is 277 Å². The van der Waals surface area contributed by atoms with Gasteiger partial charge in [-0.1, -0.05) is 117 Å². The Morgan fingerprint density at radius 3 is 1.62 bits per heavy atom. The fourth-order valence-electron chi connectivity index (χ4n) is 6.83. The summed E-state index contributed by atoms with van der Waals surface area (Å²) < 4.78 is 0. The molecule has 3 heteroatoms. The molecule has 8 rings (SSSR count). The highest BCUT2D eigenvalue weighted by atomic mass is 15.2. The highest BCUT2D eigenvalue weighted by Gasteiger charge is 2.37. The van der Waals surface area contributed by atoms with Gasteiger partial charge in [0.1, 0.15) is 5.82 Å². The summed E-state index contributed by atoms with van der Waals surface area (Å²) in [4.78, 5) is 9.48. The fraction of sp³-hybridized carbons (Fsp3) is 0.0682. The quantitative estimate of drug-likeness (QED) is 0.188. The van der Waals surface area contributed by atoms with Crippen LogP contribution < -0.4 is 9.80 Å². The first-order valence-corrected chi connectivity index (χ1v) is 16.1. The van der Waals surface area contributed by atoms with Crippen molar-refractivity contribution >= 4 is 34.3 Å². The summed E-state index contributed by atoms with van der Waals surface area (Å²) in [5.41, 5.74) is 12.7. The second-order valence-corrected chi connectivity index (χ2v) is 12.5. The maximum Gasteiger partial charge on any atom is 0.141 e. The van der Waals surface area contributed by atoms with Gasteiger partial charge in [0.05, 0.1) is 5.69 Å². The van der Waals surface area contributed by atoms with Gasteiger partial charge in [0.15, 0.2) is 0 Å². The topological polar surface area (TPSA) is 19.4 Å². The molecule has 3 nitrogen and oxygen atoms in total. The van der Waals surface area contributed by atoms with Crippen molar-refractivity contribution in [3.63, 3.8) is 0 Å². The summed E-state index contributed by atoms with van der Waals surface area (Å²) >= 11 is 0. The van der Waals surface area contributed by atoms with E-state index in [-0.39, 0.29) is 5.41 Å². The zero-order chi connectivity index (χ0) is 31.8. The Hall–Kier alpha value is -5.93. The van der Waals surface area contributed by atoms with E-state index in [4.69, 9.17) is 4.98 Å². The molecule has 0 fully saturated rings. The molecule has 0 amide bonds. The monoisotopic (exact) mass is 605 g/mol. The SMILES string of the molecule is CC1(C)c2cc(-c3ccc(N(c4ccccc4)c4ccc(-c5ccccc5)cc4)cc3)ccc2N(c2ccccc2)c2ncccc21. The molecule has 47 heavy (non-hydrogen) atoms. The van der Waals surface area contributed by atoms with Crippen LogP contribution in [-0.2, 0) is 5.41 Å². The molecule has 0 saturated carbocycles. The average Bonchev–Trinajstić information content (AvgIpc) is 3.14. The highest BCUT2D eigenvalue weighted by molar-refractivity contribution is 5.86. The summed E-state index contributed by atoms with van der Waals surface area (Å²) in [5.74, 6) is 0.992. The number of anilines is 6. The molecular weight excluding hydrogens is 571 g/mol. The number of aromatic nitrogens is 1. The zero-order valence-corrected chi connectivity index (χ0v) is 26.6. The van der Waals surface area contributed by atoms with Crippen LogP contribution in [0.1, 0.15) is 25.0 Å². The van der Waals surface area contributed by atoms with E-state index in [0.29, 0.717) is 0 Å². The van der Waals surface area contributed by atoms with Gasteiger partial charge >= 0.3 is 0 Å². The largest absolute Gasteiger partial charge is 0.311 e. The minimum absolute atomic E-state index is 0.212. The first-order chi connectivity index (χ1) is 23.1. The van der Waals surface area contributed by atoms with Crippen molar-refractivity contribution in [3.8, 4) is 22.3 Å². The minimum Gasteiger partial charge on any atom is -0.311 e. The van der Waals surface area contributed by atoms with Gasteiger partial charge in [-0.15, -0.1) is 0 Å². The number of hydrogen-bond acceptors (Lipinski definition) is 3. The van der Waals surface area contributed by atoms with E-state index in [1.807, 2.05) is 12.3 Å².